The lowest BCUT2D eigenvalue weighted by Crippen LogP contribution is -2.40. The van der Waals surface area contributed by atoms with E-state index in [2.05, 4.69) is 12.2 Å². The lowest BCUT2D eigenvalue weighted by Gasteiger charge is -2.18. The van der Waals surface area contributed by atoms with E-state index in [0.717, 1.165) is 36.8 Å². The predicted octanol–water partition coefficient (Wildman–Crippen LogP) is 2.41. The monoisotopic (exact) mass is 267 g/mol. The first-order valence-electron chi connectivity index (χ1n) is 6.52. The first kappa shape index (κ1) is 12.3. The lowest BCUT2D eigenvalue weighted by molar-refractivity contribution is 0.110. The summed E-state index contributed by atoms with van der Waals surface area (Å²) in [4.78, 5) is 0. The molecule has 2 aliphatic rings. The molecule has 0 spiro atoms. The molecule has 0 saturated carbocycles. The SMILES string of the molecule is CC1OCCC1NCC1Cc2cc(Cl)ccc2O1. The Labute approximate surface area is 112 Å². The van der Waals surface area contributed by atoms with Crippen molar-refractivity contribution in [3.63, 3.8) is 0 Å². The molecule has 2 aliphatic heterocycles. The van der Waals surface area contributed by atoms with Gasteiger partial charge < -0.3 is 14.8 Å². The summed E-state index contributed by atoms with van der Waals surface area (Å²) < 4.78 is 11.4. The molecule has 0 bridgehead atoms. The van der Waals surface area contributed by atoms with Gasteiger partial charge in [-0.2, -0.15) is 0 Å². The smallest absolute Gasteiger partial charge is 0.123 e. The first-order valence-corrected chi connectivity index (χ1v) is 6.90. The van der Waals surface area contributed by atoms with E-state index < -0.39 is 0 Å². The molecule has 2 heterocycles. The predicted molar refractivity (Wildman–Crippen MR) is 71.4 cm³/mol. The Morgan fingerprint density at radius 1 is 1.44 bits per heavy atom. The van der Waals surface area contributed by atoms with Gasteiger partial charge in [0.2, 0.25) is 0 Å². The summed E-state index contributed by atoms with van der Waals surface area (Å²) in [5, 5.41) is 4.32. The topological polar surface area (TPSA) is 30.5 Å². The van der Waals surface area contributed by atoms with E-state index in [0.29, 0.717) is 12.1 Å². The van der Waals surface area contributed by atoms with Gasteiger partial charge in [-0.05, 0) is 37.1 Å². The molecule has 3 atom stereocenters. The van der Waals surface area contributed by atoms with Crippen LogP contribution in [0, 0.1) is 0 Å². The van der Waals surface area contributed by atoms with Gasteiger partial charge in [-0.25, -0.2) is 0 Å². The van der Waals surface area contributed by atoms with Crippen LogP contribution in [-0.4, -0.2) is 31.4 Å². The summed E-state index contributed by atoms with van der Waals surface area (Å²) >= 11 is 5.98. The summed E-state index contributed by atoms with van der Waals surface area (Å²) in [7, 11) is 0. The molecule has 1 aromatic carbocycles. The van der Waals surface area contributed by atoms with Crippen molar-refractivity contribution in [2.75, 3.05) is 13.2 Å². The minimum Gasteiger partial charge on any atom is -0.488 e. The maximum absolute atomic E-state index is 5.98. The van der Waals surface area contributed by atoms with E-state index in [1.807, 2.05) is 18.2 Å². The average molecular weight is 268 g/mol. The highest BCUT2D eigenvalue weighted by Crippen LogP contribution is 2.30. The van der Waals surface area contributed by atoms with Gasteiger partial charge in [0.1, 0.15) is 11.9 Å². The first-order chi connectivity index (χ1) is 8.72. The number of halogens is 1. The Balaban J connectivity index is 1.54. The minimum atomic E-state index is 0.214. The number of nitrogens with one attached hydrogen (secondary N) is 1. The zero-order valence-electron chi connectivity index (χ0n) is 10.5. The van der Waals surface area contributed by atoms with Gasteiger partial charge in [0.05, 0.1) is 6.10 Å². The molecule has 4 heteroatoms. The van der Waals surface area contributed by atoms with Crippen molar-refractivity contribution in [2.45, 2.75) is 38.0 Å². The van der Waals surface area contributed by atoms with Crippen LogP contribution < -0.4 is 10.1 Å². The van der Waals surface area contributed by atoms with Crippen LogP contribution in [-0.2, 0) is 11.2 Å². The van der Waals surface area contributed by atoms with Crippen molar-refractivity contribution in [3.05, 3.63) is 28.8 Å². The number of benzene rings is 1. The van der Waals surface area contributed by atoms with Gasteiger partial charge in [0.25, 0.3) is 0 Å². The van der Waals surface area contributed by atoms with Gasteiger partial charge in [-0.1, -0.05) is 11.6 Å². The summed E-state index contributed by atoms with van der Waals surface area (Å²) in [6, 6.07) is 6.29. The Bertz CT molecular complexity index is 438. The molecular formula is C14H18ClNO2. The Morgan fingerprint density at radius 3 is 3.11 bits per heavy atom. The highest BCUT2D eigenvalue weighted by molar-refractivity contribution is 6.30. The second kappa shape index (κ2) is 5.08. The summed E-state index contributed by atoms with van der Waals surface area (Å²) in [6.45, 7) is 3.85. The van der Waals surface area contributed by atoms with E-state index in [9.17, 15) is 0 Å². The summed E-state index contributed by atoms with van der Waals surface area (Å²) in [5.41, 5.74) is 1.21. The number of hydrogen-bond donors (Lipinski definition) is 1. The van der Waals surface area contributed by atoms with E-state index in [1.165, 1.54) is 5.56 Å². The normalized spacial score (nSPS) is 30.2. The van der Waals surface area contributed by atoms with E-state index in [-0.39, 0.29) is 6.10 Å². The standard InChI is InChI=1S/C14H18ClNO2/c1-9-13(4-5-17-9)16-8-12-7-10-6-11(15)2-3-14(10)18-12/h2-3,6,9,12-13,16H,4-5,7-8H2,1H3. The van der Waals surface area contributed by atoms with Crippen LogP contribution in [0.25, 0.3) is 0 Å². The van der Waals surface area contributed by atoms with Crippen LogP contribution in [0.4, 0.5) is 0 Å². The highest BCUT2D eigenvalue weighted by Gasteiger charge is 2.27. The zero-order valence-corrected chi connectivity index (χ0v) is 11.2. The largest absolute Gasteiger partial charge is 0.488 e. The Kier molecular flexibility index (Phi) is 3.46. The van der Waals surface area contributed by atoms with Crippen molar-refractivity contribution in [2.24, 2.45) is 0 Å². The molecule has 0 aromatic heterocycles. The van der Waals surface area contributed by atoms with Crippen LogP contribution in [0.3, 0.4) is 0 Å². The average Bonchev–Trinajstić information content (AvgIpc) is 2.92. The van der Waals surface area contributed by atoms with Crippen LogP contribution >= 0.6 is 11.6 Å². The Hall–Kier alpha value is -0.770. The van der Waals surface area contributed by atoms with Crippen molar-refractivity contribution in [3.8, 4) is 5.75 Å². The van der Waals surface area contributed by atoms with Crippen LogP contribution in [0.2, 0.25) is 5.02 Å². The molecular weight excluding hydrogens is 250 g/mol. The Morgan fingerprint density at radius 2 is 2.33 bits per heavy atom. The van der Waals surface area contributed by atoms with Crippen LogP contribution in [0.15, 0.2) is 18.2 Å². The molecule has 0 radical (unpaired) electrons. The molecule has 98 valence electrons. The molecule has 1 fully saturated rings. The second-order valence-corrected chi connectivity index (χ2v) is 5.51. The maximum atomic E-state index is 5.98. The van der Waals surface area contributed by atoms with Crippen molar-refractivity contribution in [1.29, 1.82) is 0 Å². The second-order valence-electron chi connectivity index (χ2n) is 5.08. The third kappa shape index (κ3) is 2.48. The minimum absolute atomic E-state index is 0.214. The van der Waals surface area contributed by atoms with Crippen molar-refractivity contribution < 1.29 is 9.47 Å². The fraction of sp³-hybridized carbons (Fsp3) is 0.571. The molecule has 0 amide bonds. The zero-order chi connectivity index (χ0) is 12.5. The van der Waals surface area contributed by atoms with Gasteiger partial charge in [0, 0.05) is 30.6 Å². The number of ether oxygens (including phenoxy) is 2. The third-order valence-electron chi connectivity index (χ3n) is 3.75. The van der Waals surface area contributed by atoms with Gasteiger partial charge in [-0.3, -0.25) is 0 Å². The van der Waals surface area contributed by atoms with Gasteiger partial charge in [-0.15, -0.1) is 0 Å². The fourth-order valence-electron chi connectivity index (χ4n) is 2.69. The molecule has 3 nitrogen and oxygen atoms in total. The number of fused-ring (bicyclic) bond motifs is 1. The highest BCUT2D eigenvalue weighted by atomic mass is 35.5. The van der Waals surface area contributed by atoms with E-state index >= 15 is 0 Å². The molecule has 1 saturated heterocycles. The molecule has 3 unspecified atom stereocenters. The molecule has 18 heavy (non-hydrogen) atoms. The number of rotatable bonds is 3. The van der Waals surface area contributed by atoms with E-state index in [4.69, 9.17) is 21.1 Å². The van der Waals surface area contributed by atoms with Gasteiger partial charge in [0.15, 0.2) is 0 Å². The van der Waals surface area contributed by atoms with Gasteiger partial charge >= 0.3 is 0 Å². The van der Waals surface area contributed by atoms with E-state index in [1.54, 1.807) is 0 Å². The fourth-order valence-corrected chi connectivity index (χ4v) is 2.88. The third-order valence-corrected chi connectivity index (χ3v) is 3.98. The van der Waals surface area contributed by atoms with Crippen molar-refractivity contribution >= 4 is 11.6 Å². The number of hydrogen-bond acceptors (Lipinski definition) is 3. The lowest BCUT2D eigenvalue weighted by atomic mass is 10.1. The molecule has 3 rings (SSSR count). The molecule has 0 aliphatic carbocycles. The maximum Gasteiger partial charge on any atom is 0.123 e. The summed E-state index contributed by atoms with van der Waals surface area (Å²) in [6.07, 6.45) is 2.55. The quantitative estimate of drug-likeness (QED) is 0.912. The van der Waals surface area contributed by atoms with Crippen LogP contribution in [0.1, 0.15) is 18.9 Å². The van der Waals surface area contributed by atoms with Crippen LogP contribution in [0.5, 0.6) is 5.75 Å². The molecule has 1 aromatic rings. The molecule has 1 N–H and O–H groups in total. The summed E-state index contributed by atoms with van der Waals surface area (Å²) in [5.74, 6) is 0.974. The van der Waals surface area contributed by atoms with Crippen molar-refractivity contribution in [1.82, 2.24) is 5.32 Å².